The molecule has 28 heavy (non-hydrogen) atoms. The lowest BCUT2D eigenvalue weighted by Gasteiger charge is -2.36. The van der Waals surface area contributed by atoms with Crippen molar-refractivity contribution in [3.8, 4) is 0 Å². The van der Waals surface area contributed by atoms with Gasteiger partial charge in [0.25, 0.3) is 0 Å². The van der Waals surface area contributed by atoms with Crippen molar-refractivity contribution in [2.75, 3.05) is 11.9 Å². The molecule has 2 heterocycles. The van der Waals surface area contributed by atoms with Crippen LogP contribution < -0.4 is 4.90 Å². The van der Waals surface area contributed by atoms with Gasteiger partial charge < -0.3 is 14.0 Å². The first-order valence-corrected chi connectivity index (χ1v) is 9.55. The minimum Gasteiger partial charge on any atom is -0.443 e. The summed E-state index contributed by atoms with van der Waals surface area (Å²) in [6.45, 7) is 13.5. The van der Waals surface area contributed by atoms with E-state index in [1.165, 1.54) is 4.90 Å². The van der Waals surface area contributed by atoms with Crippen LogP contribution in [0.3, 0.4) is 0 Å². The Bertz CT molecular complexity index is 909. The molecule has 150 valence electrons. The molecule has 1 aliphatic rings. The summed E-state index contributed by atoms with van der Waals surface area (Å²) in [7, 11) is 1.41. The second-order valence-electron chi connectivity index (χ2n) is 8.99. The molecule has 0 N–H and O–H groups in total. The van der Waals surface area contributed by atoms with Crippen LogP contribution in [0.1, 0.15) is 47.1 Å². The third kappa shape index (κ3) is 3.73. The number of hydrogen-bond acceptors (Lipinski definition) is 5. The van der Waals surface area contributed by atoms with E-state index in [1.54, 1.807) is 7.05 Å². The number of ether oxygens (including phenoxy) is 1. The number of carbonyl (C=O) groups is 1. The summed E-state index contributed by atoms with van der Waals surface area (Å²) in [5.41, 5.74) is 0.855. The van der Waals surface area contributed by atoms with Gasteiger partial charge in [0.2, 0.25) is 0 Å². The number of amides is 1. The lowest BCUT2D eigenvalue weighted by atomic mass is 9.82. The summed E-state index contributed by atoms with van der Waals surface area (Å²) in [6.07, 6.45) is 1.44. The van der Waals surface area contributed by atoms with Crippen LogP contribution in [0.15, 0.2) is 30.5 Å². The Morgan fingerprint density at radius 3 is 2.43 bits per heavy atom. The van der Waals surface area contributed by atoms with Crippen molar-refractivity contribution in [3.05, 3.63) is 36.0 Å². The first-order chi connectivity index (χ1) is 12.8. The van der Waals surface area contributed by atoms with E-state index < -0.39 is 22.9 Å². The smallest absolute Gasteiger partial charge is 0.443 e. The maximum Gasteiger partial charge on any atom is 0.454 e. The highest BCUT2D eigenvalue weighted by molar-refractivity contribution is 6.43. The predicted octanol–water partition coefficient (Wildman–Crippen LogP) is 4.76. The van der Waals surface area contributed by atoms with E-state index in [0.29, 0.717) is 0 Å². The topological polar surface area (TPSA) is 60.9 Å². The number of hydrogen-bond donors (Lipinski definition) is 0. The average Bonchev–Trinajstić information content (AvgIpc) is 2.79. The van der Waals surface area contributed by atoms with Gasteiger partial charge in [-0.15, -0.1) is 0 Å². The van der Waals surface area contributed by atoms with E-state index in [1.807, 2.05) is 72.8 Å². The van der Waals surface area contributed by atoms with Crippen molar-refractivity contribution in [2.45, 2.75) is 65.2 Å². The first-order valence-electron chi connectivity index (χ1n) is 9.55. The van der Waals surface area contributed by atoms with Crippen LogP contribution in [0.2, 0.25) is 6.82 Å². The molecule has 1 aliphatic heterocycles. The van der Waals surface area contributed by atoms with Gasteiger partial charge in [0.05, 0.1) is 11.1 Å². The quantitative estimate of drug-likeness (QED) is 0.699. The number of anilines is 1. The molecule has 0 aliphatic carbocycles. The van der Waals surface area contributed by atoms with Crippen LogP contribution in [0, 0.1) is 0 Å². The SMILES string of the molecule is CB1OC(C)(C)C(C)(c2cnc3ccc(N(C)C(=O)OC(C)(C)C)cc3c2)O1. The average molecular weight is 384 g/mol. The highest BCUT2D eigenvalue weighted by atomic mass is 16.7. The second-order valence-corrected chi connectivity index (χ2v) is 8.99. The number of carbonyl (C=O) groups excluding carboxylic acids is 1. The van der Waals surface area contributed by atoms with E-state index >= 15 is 0 Å². The van der Waals surface area contributed by atoms with Gasteiger partial charge in [-0.25, -0.2) is 4.79 Å². The minimum atomic E-state index is -0.624. The van der Waals surface area contributed by atoms with Crippen LogP contribution in [0.5, 0.6) is 0 Å². The molecule has 1 amide bonds. The number of rotatable bonds is 2. The summed E-state index contributed by atoms with van der Waals surface area (Å²) < 4.78 is 17.5. The Morgan fingerprint density at radius 1 is 1.18 bits per heavy atom. The molecule has 2 aromatic rings. The molecule has 1 atom stereocenters. The maximum atomic E-state index is 12.4. The monoisotopic (exact) mass is 384 g/mol. The number of aromatic nitrogens is 1. The molecule has 6 nitrogen and oxygen atoms in total. The molecule has 0 spiro atoms. The van der Waals surface area contributed by atoms with Crippen LogP contribution in [0.4, 0.5) is 10.5 Å². The normalized spacial score (nSPS) is 21.8. The molecule has 0 saturated carbocycles. The van der Waals surface area contributed by atoms with Crippen LogP contribution in [-0.4, -0.2) is 36.4 Å². The fourth-order valence-electron chi connectivity index (χ4n) is 3.47. The van der Waals surface area contributed by atoms with Crippen molar-refractivity contribution < 1.29 is 18.8 Å². The van der Waals surface area contributed by atoms with Crippen molar-refractivity contribution in [1.29, 1.82) is 0 Å². The summed E-state index contributed by atoms with van der Waals surface area (Å²) >= 11 is 0. The van der Waals surface area contributed by atoms with Gasteiger partial charge in [-0.05, 0) is 72.6 Å². The summed E-state index contributed by atoms with van der Waals surface area (Å²) in [5, 5.41) is 0.922. The lowest BCUT2D eigenvalue weighted by molar-refractivity contribution is -0.0134. The second kappa shape index (κ2) is 6.74. The molecule has 1 aromatic carbocycles. The zero-order valence-corrected chi connectivity index (χ0v) is 18.0. The number of fused-ring (bicyclic) bond motifs is 1. The highest BCUT2D eigenvalue weighted by Crippen LogP contribution is 2.45. The lowest BCUT2D eigenvalue weighted by Crippen LogP contribution is -2.42. The van der Waals surface area contributed by atoms with Crippen molar-refractivity contribution >= 4 is 29.8 Å². The third-order valence-corrected chi connectivity index (χ3v) is 5.28. The Balaban J connectivity index is 1.97. The Labute approximate surface area is 167 Å². The predicted molar refractivity (Wildman–Crippen MR) is 112 cm³/mol. The molecule has 3 rings (SSSR count). The zero-order valence-electron chi connectivity index (χ0n) is 18.0. The number of pyridine rings is 1. The van der Waals surface area contributed by atoms with Crippen molar-refractivity contribution in [1.82, 2.24) is 4.98 Å². The summed E-state index contributed by atoms with van der Waals surface area (Å²) in [6, 6.07) is 7.75. The van der Waals surface area contributed by atoms with Crippen LogP contribution >= 0.6 is 0 Å². The third-order valence-electron chi connectivity index (χ3n) is 5.28. The fraction of sp³-hybridized carbons (Fsp3) is 0.524. The van der Waals surface area contributed by atoms with Gasteiger partial charge in [0.1, 0.15) is 11.2 Å². The largest absolute Gasteiger partial charge is 0.454 e. The van der Waals surface area contributed by atoms with Gasteiger partial charge in [0.15, 0.2) is 0 Å². The molecule has 1 aromatic heterocycles. The van der Waals surface area contributed by atoms with Crippen molar-refractivity contribution in [3.63, 3.8) is 0 Å². The van der Waals surface area contributed by atoms with Crippen molar-refractivity contribution in [2.24, 2.45) is 0 Å². The van der Waals surface area contributed by atoms with Gasteiger partial charge in [0, 0.05) is 29.9 Å². The molecule has 0 bridgehead atoms. The summed E-state index contributed by atoms with van der Waals surface area (Å²) in [5.74, 6) is 0. The standard InChI is InChI=1S/C21H29BN2O4/c1-19(2,3)26-18(25)24(8)16-9-10-17-14(12-16)11-15(13-23-17)21(6)20(4,5)27-22(7)28-21/h9-13H,1-8H3. The number of nitrogens with zero attached hydrogens (tertiary/aromatic N) is 2. The van der Waals surface area contributed by atoms with E-state index in [2.05, 4.69) is 11.1 Å². The van der Waals surface area contributed by atoms with Gasteiger partial charge >= 0.3 is 13.2 Å². The van der Waals surface area contributed by atoms with Gasteiger partial charge in [-0.2, -0.15) is 0 Å². The molecular formula is C21H29BN2O4. The molecule has 0 radical (unpaired) electrons. The Kier molecular flexibility index (Phi) is 4.96. The summed E-state index contributed by atoms with van der Waals surface area (Å²) in [4.78, 5) is 18.5. The molecule has 1 saturated heterocycles. The van der Waals surface area contributed by atoms with E-state index in [4.69, 9.17) is 14.0 Å². The fourth-order valence-corrected chi connectivity index (χ4v) is 3.47. The number of benzene rings is 1. The molecule has 1 fully saturated rings. The molecule has 7 heteroatoms. The van der Waals surface area contributed by atoms with E-state index in [-0.39, 0.29) is 7.12 Å². The molecular weight excluding hydrogens is 355 g/mol. The Hall–Kier alpha value is -2.12. The van der Waals surface area contributed by atoms with Crippen LogP contribution in [0.25, 0.3) is 10.9 Å². The van der Waals surface area contributed by atoms with E-state index in [0.717, 1.165) is 22.2 Å². The van der Waals surface area contributed by atoms with E-state index in [9.17, 15) is 4.79 Å². The minimum absolute atomic E-state index is 0.291. The van der Waals surface area contributed by atoms with Gasteiger partial charge in [-0.1, -0.05) is 0 Å². The maximum absolute atomic E-state index is 12.4. The Morgan fingerprint density at radius 2 is 1.86 bits per heavy atom. The van der Waals surface area contributed by atoms with Crippen LogP contribution in [-0.2, 0) is 19.6 Å². The highest BCUT2D eigenvalue weighted by Gasteiger charge is 2.53. The zero-order chi connectivity index (χ0) is 20.9. The van der Waals surface area contributed by atoms with Gasteiger partial charge in [-0.3, -0.25) is 9.88 Å². The first kappa shape index (κ1) is 20.6. The molecule has 1 unspecified atom stereocenters.